The molecule has 90 valence electrons. The number of hydrogen-bond donors (Lipinski definition) is 0. The van der Waals surface area contributed by atoms with Crippen LogP contribution in [0.4, 0.5) is 13.2 Å². The van der Waals surface area contributed by atoms with Gasteiger partial charge < -0.3 is 0 Å². The summed E-state index contributed by atoms with van der Waals surface area (Å²) in [4.78, 5) is 3.57. The van der Waals surface area contributed by atoms with Crippen molar-refractivity contribution in [3.05, 3.63) is 34.1 Å². The van der Waals surface area contributed by atoms with Crippen LogP contribution >= 0.6 is 27.5 Å². The lowest BCUT2D eigenvalue weighted by atomic mass is 10.3. The molecule has 1 aromatic heterocycles. The van der Waals surface area contributed by atoms with Gasteiger partial charge >= 0.3 is 6.18 Å². The highest BCUT2D eigenvalue weighted by Gasteiger charge is 2.38. The molecule has 2 heterocycles. The first-order chi connectivity index (χ1) is 7.93. The summed E-state index contributed by atoms with van der Waals surface area (Å²) in [6.45, 7) is 0. The second kappa shape index (κ2) is 4.37. The molecule has 1 aliphatic heterocycles. The fraction of sp³-hybridized carbons (Fsp3) is 0.200. The smallest absolute Gasteiger partial charge is 0.295 e. The average Bonchev–Trinajstić information content (AvgIpc) is 2.51. The molecule has 7 heteroatoms. The van der Waals surface area contributed by atoms with Gasteiger partial charge in [0, 0.05) is 5.33 Å². The van der Waals surface area contributed by atoms with Gasteiger partial charge in [-0.2, -0.15) is 13.2 Å². The van der Waals surface area contributed by atoms with E-state index < -0.39 is 11.9 Å². The van der Waals surface area contributed by atoms with Gasteiger partial charge in [0.1, 0.15) is 5.82 Å². The van der Waals surface area contributed by atoms with Crippen LogP contribution in [-0.4, -0.2) is 9.55 Å². The van der Waals surface area contributed by atoms with Gasteiger partial charge in [-0.05, 0) is 12.2 Å². The monoisotopic (exact) mass is 324 g/mol. The van der Waals surface area contributed by atoms with E-state index in [0.29, 0.717) is 5.03 Å². The van der Waals surface area contributed by atoms with Crippen LogP contribution in [0.15, 0.2) is 16.8 Å². The quantitative estimate of drug-likeness (QED) is 0.563. The maximum absolute atomic E-state index is 12.7. The van der Waals surface area contributed by atoms with E-state index in [1.54, 1.807) is 0 Å². The van der Waals surface area contributed by atoms with E-state index in [2.05, 4.69) is 26.6 Å². The van der Waals surface area contributed by atoms with Crippen LogP contribution in [0.5, 0.6) is 0 Å². The minimum atomic E-state index is -4.47. The topological polar surface area (TPSA) is 17.8 Å². The van der Waals surface area contributed by atoms with Crippen molar-refractivity contribution in [3.63, 3.8) is 0 Å². The Morgan fingerprint density at radius 3 is 2.71 bits per heavy atom. The third-order valence-corrected chi connectivity index (χ3v) is 2.91. The summed E-state index contributed by atoms with van der Waals surface area (Å²) < 4.78 is 39.5. The third kappa shape index (κ3) is 2.34. The Bertz CT molecular complexity index is 551. The van der Waals surface area contributed by atoms with E-state index >= 15 is 0 Å². The van der Waals surface area contributed by atoms with Crippen LogP contribution in [-0.2, 0) is 11.5 Å². The van der Waals surface area contributed by atoms with Crippen molar-refractivity contribution in [3.8, 4) is 0 Å². The molecule has 2 nitrogen and oxygen atoms in total. The number of rotatable bonds is 1. The minimum absolute atomic E-state index is 0.0241. The van der Waals surface area contributed by atoms with E-state index in [1.165, 1.54) is 22.9 Å². The Kier molecular flexibility index (Phi) is 3.21. The lowest BCUT2D eigenvalue weighted by Gasteiger charge is -2.05. The molecular formula is C10H5BrClF3N2. The molecule has 0 aliphatic carbocycles. The van der Waals surface area contributed by atoms with Crippen molar-refractivity contribution in [1.29, 1.82) is 0 Å². The van der Waals surface area contributed by atoms with Gasteiger partial charge in [-0.25, -0.2) is 4.98 Å². The average molecular weight is 326 g/mol. The van der Waals surface area contributed by atoms with Crippen LogP contribution in [0.1, 0.15) is 17.2 Å². The molecule has 0 aromatic carbocycles. The van der Waals surface area contributed by atoms with Crippen molar-refractivity contribution in [1.82, 2.24) is 9.55 Å². The highest BCUT2D eigenvalue weighted by molar-refractivity contribution is 9.08. The largest absolute Gasteiger partial charge is 0.435 e. The molecule has 0 spiro atoms. The number of fused-ring (bicyclic) bond motifs is 1. The summed E-state index contributed by atoms with van der Waals surface area (Å²) in [5.74, 6) is 0.176. The predicted octanol–water partition coefficient (Wildman–Crippen LogP) is 4.02. The van der Waals surface area contributed by atoms with Crippen molar-refractivity contribution < 1.29 is 13.2 Å². The summed E-state index contributed by atoms with van der Waals surface area (Å²) in [5, 5.41) is 0.350. The van der Waals surface area contributed by atoms with Crippen molar-refractivity contribution in [2.24, 2.45) is 0 Å². The lowest BCUT2D eigenvalue weighted by Crippen LogP contribution is -2.09. The zero-order chi connectivity index (χ0) is 12.6. The standard InChI is InChI=1S/C10H5BrClF3N2/c11-5-7-9(10(13,14)15)16-8-2-1-6(12)3-4-17(7)8/h1-2,4H,5H2. The number of aromatic nitrogens is 2. The fourth-order valence-corrected chi connectivity index (χ4v) is 2.07. The molecule has 0 saturated heterocycles. The van der Waals surface area contributed by atoms with Crippen LogP contribution in [0.3, 0.4) is 0 Å². The van der Waals surface area contributed by atoms with E-state index in [0.717, 1.165) is 0 Å². The molecule has 0 saturated carbocycles. The molecule has 1 aromatic rings. The Morgan fingerprint density at radius 2 is 2.12 bits per heavy atom. The Hall–Kier alpha value is -0.970. The number of imidazole rings is 1. The molecule has 17 heavy (non-hydrogen) atoms. The SMILES string of the molecule is FC(F)(F)c1nc2n(c1CBr)C=C=C(Cl)C=C2. The van der Waals surface area contributed by atoms with Gasteiger partial charge in [-0.3, -0.25) is 4.57 Å². The first-order valence-corrected chi connectivity index (χ1v) is 5.98. The summed E-state index contributed by atoms with van der Waals surface area (Å²) >= 11 is 8.73. The van der Waals surface area contributed by atoms with Crippen molar-refractivity contribution >= 4 is 39.8 Å². The summed E-state index contributed by atoms with van der Waals surface area (Å²) in [6.07, 6.45) is -0.268. The highest BCUT2D eigenvalue weighted by atomic mass is 79.9. The second-order valence-corrected chi connectivity index (χ2v) is 4.19. The molecule has 1 aliphatic rings. The number of allylic oxidation sites excluding steroid dienone is 2. The maximum Gasteiger partial charge on any atom is 0.435 e. The van der Waals surface area contributed by atoms with E-state index in [4.69, 9.17) is 11.6 Å². The molecule has 2 rings (SSSR count). The molecule has 0 N–H and O–H groups in total. The van der Waals surface area contributed by atoms with Gasteiger partial charge in [0.25, 0.3) is 0 Å². The third-order valence-electron chi connectivity index (χ3n) is 2.14. The predicted molar refractivity (Wildman–Crippen MR) is 62.5 cm³/mol. The lowest BCUT2D eigenvalue weighted by molar-refractivity contribution is -0.141. The number of halogens is 5. The minimum Gasteiger partial charge on any atom is -0.295 e. The van der Waals surface area contributed by atoms with Gasteiger partial charge in [-0.1, -0.05) is 33.3 Å². The Balaban J connectivity index is 2.68. The Labute approximate surface area is 108 Å². The zero-order valence-electron chi connectivity index (χ0n) is 8.22. The number of alkyl halides is 4. The second-order valence-electron chi connectivity index (χ2n) is 3.22. The molecule has 0 fully saturated rings. The molecule has 0 unspecified atom stereocenters. The summed E-state index contributed by atoms with van der Waals surface area (Å²) in [7, 11) is 0. The molecular weight excluding hydrogens is 320 g/mol. The molecule has 0 radical (unpaired) electrons. The normalized spacial score (nSPS) is 14.5. The van der Waals surface area contributed by atoms with Crippen LogP contribution < -0.4 is 0 Å². The van der Waals surface area contributed by atoms with Gasteiger partial charge in [0.2, 0.25) is 0 Å². The van der Waals surface area contributed by atoms with E-state index in [1.807, 2.05) is 0 Å². The first-order valence-electron chi connectivity index (χ1n) is 4.48. The van der Waals surface area contributed by atoms with Crippen LogP contribution in [0.25, 0.3) is 12.3 Å². The van der Waals surface area contributed by atoms with Gasteiger partial charge in [0.15, 0.2) is 5.69 Å². The van der Waals surface area contributed by atoms with E-state index in [-0.39, 0.29) is 16.8 Å². The molecule has 0 amide bonds. The fourth-order valence-electron chi connectivity index (χ4n) is 1.42. The summed E-state index contributed by atoms with van der Waals surface area (Å²) in [6, 6.07) is 0. The van der Waals surface area contributed by atoms with Crippen molar-refractivity contribution in [2.45, 2.75) is 11.5 Å². The van der Waals surface area contributed by atoms with Gasteiger partial charge in [-0.15, -0.1) is 0 Å². The first kappa shape index (κ1) is 12.5. The molecule has 0 atom stereocenters. The molecule has 0 bridgehead atoms. The maximum atomic E-state index is 12.7. The van der Waals surface area contributed by atoms with Crippen LogP contribution in [0, 0.1) is 0 Å². The zero-order valence-corrected chi connectivity index (χ0v) is 10.6. The Morgan fingerprint density at radius 1 is 1.41 bits per heavy atom. The number of nitrogens with zero attached hydrogens (tertiary/aromatic N) is 2. The van der Waals surface area contributed by atoms with Gasteiger partial charge in [0.05, 0.1) is 16.9 Å². The highest BCUT2D eigenvalue weighted by Crippen LogP contribution is 2.33. The van der Waals surface area contributed by atoms with Crippen LogP contribution in [0.2, 0.25) is 0 Å². The number of hydrogen-bond acceptors (Lipinski definition) is 1. The van der Waals surface area contributed by atoms with Crippen molar-refractivity contribution in [2.75, 3.05) is 0 Å². The van der Waals surface area contributed by atoms with E-state index in [9.17, 15) is 13.2 Å². The summed E-state index contributed by atoms with van der Waals surface area (Å²) in [5.41, 5.74) is 1.77.